The van der Waals surface area contributed by atoms with Gasteiger partial charge in [0.05, 0.1) is 0 Å². The minimum Gasteiger partial charge on any atom is -0.316 e. The molecule has 0 aromatic heterocycles. The minimum absolute atomic E-state index is 0.232. The van der Waals surface area contributed by atoms with E-state index in [9.17, 15) is 8.78 Å². The Morgan fingerprint density at radius 1 is 1.28 bits per heavy atom. The van der Waals surface area contributed by atoms with Crippen LogP contribution >= 0.6 is 0 Å². The van der Waals surface area contributed by atoms with Crippen LogP contribution in [0, 0.1) is 17.0 Å². The normalized spacial score (nSPS) is 20.0. The molecule has 0 heterocycles. The summed E-state index contributed by atoms with van der Waals surface area (Å²) in [6.45, 7) is 2.27. The van der Waals surface area contributed by atoms with E-state index in [1.807, 2.05) is 7.05 Å². The van der Waals surface area contributed by atoms with Crippen molar-refractivity contribution in [3.8, 4) is 0 Å². The maximum absolute atomic E-state index is 13.7. The molecule has 3 heteroatoms. The average molecular weight is 253 g/mol. The smallest absolute Gasteiger partial charge is 0.129 e. The third-order valence-corrected chi connectivity index (χ3v) is 4.37. The van der Waals surface area contributed by atoms with Gasteiger partial charge in [0.1, 0.15) is 11.6 Å². The number of benzene rings is 1. The SMILES string of the molecule is CNC(Cc1ccc(F)cc1F)C1(C)CCCC1. The van der Waals surface area contributed by atoms with E-state index in [4.69, 9.17) is 0 Å². The minimum atomic E-state index is -0.510. The summed E-state index contributed by atoms with van der Waals surface area (Å²) >= 11 is 0. The molecule has 0 saturated heterocycles. The van der Waals surface area contributed by atoms with Gasteiger partial charge in [0.2, 0.25) is 0 Å². The fourth-order valence-corrected chi connectivity index (χ4v) is 3.14. The van der Waals surface area contributed by atoms with Crippen LogP contribution in [0.2, 0.25) is 0 Å². The van der Waals surface area contributed by atoms with Crippen LogP contribution in [0.5, 0.6) is 0 Å². The Kier molecular flexibility index (Phi) is 4.00. The summed E-state index contributed by atoms with van der Waals surface area (Å²) in [5.41, 5.74) is 0.833. The van der Waals surface area contributed by atoms with Gasteiger partial charge >= 0.3 is 0 Å². The van der Waals surface area contributed by atoms with E-state index in [0.29, 0.717) is 12.0 Å². The van der Waals surface area contributed by atoms with Gasteiger partial charge in [-0.2, -0.15) is 0 Å². The van der Waals surface area contributed by atoms with Gasteiger partial charge in [-0.3, -0.25) is 0 Å². The summed E-state index contributed by atoms with van der Waals surface area (Å²) in [6, 6.07) is 4.12. The Balaban J connectivity index is 2.15. The molecule has 1 aliphatic rings. The molecule has 1 unspecified atom stereocenters. The lowest BCUT2D eigenvalue weighted by Crippen LogP contribution is -2.42. The Hall–Kier alpha value is -0.960. The molecule has 1 fully saturated rings. The summed E-state index contributed by atoms with van der Waals surface area (Å²) in [5, 5.41) is 3.31. The molecular weight excluding hydrogens is 232 g/mol. The van der Waals surface area contributed by atoms with Gasteiger partial charge in [0.25, 0.3) is 0 Å². The second kappa shape index (κ2) is 5.35. The molecule has 2 rings (SSSR count). The number of halogens is 2. The molecule has 1 aromatic carbocycles. The fraction of sp³-hybridized carbons (Fsp3) is 0.600. The predicted octanol–water partition coefficient (Wildman–Crippen LogP) is 3.68. The number of hydrogen-bond donors (Lipinski definition) is 1. The molecule has 18 heavy (non-hydrogen) atoms. The van der Waals surface area contributed by atoms with Crippen molar-refractivity contribution in [2.24, 2.45) is 5.41 Å². The first-order chi connectivity index (χ1) is 8.55. The van der Waals surface area contributed by atoms with Gasteiger partial charge in [-0.25, -0.2) is 8.78 Å². The van der Waals surface area contributed by atoms with Crippen molar-refractivity contribution in [2.45, 2.75) is 45.1 Å². The molecule has 1 aliphatic carbocycles. The van der Waals surface area contributed by atoms with E-state index in [1.165, 1.54) is 31.7 Å². The molecule has 1 nitrogen and oxygen atoms in total. The van der Waals surface area contributed by atoms with Crippen LogP contribution in [0.15, 0.2) is 18.2 Å². The summed E-state index contributed by atoms with van der Waals surface area (Å²) < 4.78 is 26.6. The van der Waals surface area contributed by atoms with Crippen LogP contribution in [0.4, 0.5) is 8.78 Å². The van der Waals surface area contributed by atoms with Gasteiger partial charge in [0.15, 0.2) is 0 Å². The van der Waals surface area contributed by atoms with Crippen molar-refractivity contribution in [3.63, 3.8) is 0 Å². The lowest BCUT2D eigenvalue weighted by Gasteiger charge is -2.34. The Morgan fingerprint density at radius 3 is 2.50 bits per heavy atom. The molecule has 1 aromatic rings. The fourth-order valence-electron chi connectivity index (χ4n) is 3.14. The summed E-state index contributed by atoms with van der Waals surface area (Å²) in [7, 11) is 1.93. The van der Waals surface area contributed by atoms with Crippen LogP contribution in [0.3, 0.4) is 0 Å². The first kappa shape index (κ1) is 13.5. The largest absolute Gasteiger partial charge is 0.316 e. The van der Waals surface area contributed by atoms with E-state index >= 15 is 0 Å². The highest BCUT2D eigenvalue weighted by Crippen LogP contribution is 2.41. The molecule has 1 atom stereocenters. The van der Waals surface area contributed by atoms with Crippen LogP contribution in [-0.2, 0) is 6.42 Å². The van der Waals surface area contributed by atoms with Crippen LogP contribution < -0.4 is 5.32 Å². The van der Waals surface area contributed by atoms with E-state index in [0.717, 1.165) is 6.07 Å². The molecule has 100 valence electrons. The molecule has 0 amide bonds. The standard InChI is InChI=1S/C15H21F2N/c1-15(7-3-4-8-15)14(18-2)9-11-5-6-12(16)10-13(11)17/h5-6,10,14,18H,3-4,7-9H2,1-2H3. The van der Waals surface area contributed by atoms with Crippen LogP contribution in [-0.4, -0.2) is 13.1 Å². The zero-order chi connectivity index (χ0) is 13.2. The molecule has 0 spiro atoms. The summed E-state index contributed by atoms with van der Waals surface area (Å²) in [4.78, 5) is 0. The number of nitrogens with one attached hydrogen (secondary N) is 1. The molecule has 0 radical (unpaired) electrons. The van der Waals surface area contributed by atoms with E-state index < -0.39 is 11.6 Å². The van der Waals surface area contributed by atoms with Crippen molar-refractivity contribution >= 4 is 0 Å². The molecule has 0 aliphatic heterocycles. The van der Waals surface area contributed by atoms with Gasteiger partial charge < -0.3 is 5.32 Å². The van der Waals surface area contributed by atoms with Gasteiger partial charge in [-0.05, 0) is 43.4 Å². The van der Waals surface area contributed by atoms with Crippen molar-refractivity contribution in [1.29, 1.82) is 0 Å². The second-order valence-electron chi connectivity index (χ2n) is 5.64. The molecule has 0 bridgehead atoms. The maximum Gasteiger partial charge on any atom is 0.129 e. The highest BCUT2D eigenvalue weighted by atomic mass is 19.1. The Bertz CT molecular complexity index is 411. The van der Waals surface area contributed by atoms with E-state index in [-0.39, 0.29) is 11.5 Å². The first-order valence-electron chi connectivity index (χ1n) is 6.66. The highest BCUT2D eigenvalue weighted by molar-refractivity contribution is 5.20. The van der Waals surface area contributed by atoms with Crippen molar-refractivity contribution < 1.29 is 8.78 Å². The van der Waals surface area contributed by atoms with Crippen molar-refractivity contribution in [3.05, 3.63) is 35.4 Å². The third kappa shape index (κ3) is 2.72. The number of rotatable bonds is 4. The molecule has 1 saturated carbocycles. The second-order valence-corrected chi connectivity index (χ2v) is 5.64. The maximum atomic E-state index is 13.7. The van der Waals surface area contributed by atoms with Gasteiger partial charge in [-0.15, -0.1) is 0 Å². The van der Waals surface area contributed by atoms with Gasteiger partial charge in [-0.1, -0.05) is 25.8 Å². The molecular formula is C15H21F2N. The third-order valence-electron chi connectivity index (χ3n) is 4.37. The highest BCUT2D eigenvalue weighted by Gasteiger charge is 2.36. The quantitative estimate of drug-likeness (QED) is 0.863. The summed E-state index contributed by atoms with van der Waals surface area (Å²) in [6.07, 6.45) is 5.49. The number of hydrogen-bond acceptors (Lipinski definition) is 1. The topological polar surface area (TPSA) is 12.0 Å². The van der Waals surface area contributed by atoms with Crippen molar-refractivity contribution in [1.82, 2.24) is 5.32 Å². The lowest BCUT2D eigenvalue weighted by atomic mass is 9.78. The molecule has 1 N–H and O–H groups in total. The average Bonchev–Trinajstić information content (AvgIpc) is 2.76. The predicted molar refractivity (Wildman–Crippen MR) is 69.5 cm³/mol. The zero-order valence-electron chi connectivity index (χ0n) is 11.1. The van der Waals surface area contributed by atoms with Crippen LogP contribution in [0.1, 0.15) is 38.2 Å². The first-order valence-corrected chi connectivity index (χ1v) is 6.66. The van der Waals surface area contributed by atoms with Gasteiger partial charge in [0, 0.05) is 12.1 Å². The lowest BCUT2D eigenvalue weighted by molar-refractivity contribution is 0.228. The Labute approximate surface area is 108 Å². The summed E-state index contributed by atoms with van der Waals surface area (Å²) in [5.74, 6) is -0.943. The van der Waals surface area contributed by atoms with Crippen LogP contribution in [0.25, 0.3) is 0 Å². The monoisotopic (exact) mass is 253 g/mol. The number of likely N-dealkylation sites (N-methyl/N-ethyl adjacent to an activating group) is 1. The van der Waals surface area contributed by atoms with E-state index in [2.05, 4.69) is 12.2 Å². The zero-order valence-corrected chi connectivity index (χ0v) is 11.1. The van der Waals surface area contributed by atoms with E-state index in [1.54, 1.807) is 6.07 Å². The van der Waals surface area contributed by atoms with Crippen molar-refractivity contribution in [2.75, 3.05) is 7.05 Å². The Morgan fingerprint density at radius 2 is 1.94 bits per heavy atom.